The molecule has 0 radical (unpaired) electrons. The average Bonchev–Trinajstić information content (AvgIpc) is 2.65. The van der Waals surface area contributed by atoms with Crippen molar-refractivity contribution in [1.82, 2.24) is 10.2 Å². The molecule has 1 heterocycles. The fraction of sp³-hybridized carbons (Fsp3) is 0.409. The first-order valence-corrected chi connectivity index (χ1v) is 9.58. The van der Waals surface area contributed by atoms with Gasteiger partial charge in [-0.15, -0.1) is 0 Å². The summed E-state index contributed by atoms with van der Waals surface area (Å²) in [7, 11) is 3.95. The van der Waals surface area contributed by atoms with Gasteiger partial charge in [0.25, 0.3) is 0 Å². The molecule has 0 saturated carbocycles. The van der Waals surface area contributed by atoms with Gasteiger partial charge < -0.3 is 19.9 Å². The lowest BCUT2D eigenvalue weighted by Crippen LogP contribution is -2.46. The van der Waals surface area contributed by atoms with Crippen LogP contribution in [0, 0.1) is 12.7 Å². The minimum absolute atomic E-state index is 0.00471. The molecule has 2 aromatic carbocycles. The summed E-state index contributed by atoms with van der Waals surface area (Å²) in [6.07, 6.45) is 0.329. The Morgan fingerprint density at radius 3 is 2.71 bits per heavy atom. The number of nitrogens with zero attached hydrogens (tertiary/aromatic N) is 2. The maximum Gasteiger partial charge on any atom is 0.222 e. The van der Waals surface area contributed by atoms with Crippen LogP contribution >= 0.6 is 0 Å². The number of rotatable bonds is 7. The molecule has 0 aromatic heterocycles. The Hall–Kier alpha value is -2.60. The van der Waals surface area contributed by atoms with Crippen LogP contribution in [0.15, 0.2) is 42.5 Å². The van der Waals surface area contributed by atoms with Crippen molar-refractivity contribution < 1.29 is 13.9 Å². The van der Waals surface area contributed by atoms with Gasteiger partial charge in [0.2, 0.25) is 5.91 Å². The van der Waals surface area contributed by atoms with E-state index in [1.54, 1.807) is 6.07 Å². The van der Waals surface area contributed by atoms with E-state index in [9.17, 15) is 9.18 Å². The molecule has 3 rings (SSSR count). The van der Waals surface area contributed by atoms with Crippen molar-refractivity contribution in [3.8, 4) is 5.75 Å². The standard InChI is InChI=1S/C22H28FN3O2/c1-16-4-6-17(7-5-16)14-26-19(13-22(27)24-10-11-25(2)3)15-28-21-12-18(23)8-9-20(21)26/h4-9,12,19H,10-11,13-15H2,1-3H3,(H,24,27)/t19-/m1/s1. The Bertz CT molecular complexity index is 808. The monoisotopic (exact) mass is 385 g/mol. The summed E-state index contributed by atoms with van der Waals surface area (Å²) in [6.45, 7) is 4.44. The number of fused-ring (bicyclic) bond motifs is 1. The number of amides is 1. The third kappa shape index (κ3) is 5.23. The average molecular weight is 385 g/mol. The molecule has 0 aliphatic carbocycles. The maximum absolute atomic E-state index is 13.6. The highest BCUT2D eigenvalue weighted by atomic mass is 19.1. The van der Waals surface area contributed by atoms with E-state index in [1.807, 2.05) is 19.0 Å². The van der Waals surface area contributed by atoms with Crippen LogP contribution in [0.2, 0.25) is 0 Å². The Balaban J connectivity index is 1.76. The molecular formula is C22H28FN3O2. The molecule has 150 valence electrons. The van der Waals surface area contributed by atoms with E-state index in [0.717, 1.165) is 17.8 Å². The molecule has 1 aliphatic heterocycles. The highest BCUT2D eigenvalue weighted by Crippen LogP contribution is 2.36. The number of carbonyl (C=O) groups is 1. The largest absolute Gasteiger partial charge is 0.489 e. The van der Waals surface area contributed by atoms with Gasteiger partial charge in [-0.25, -0.2) is 4.39 Å². The van der Waals surface area contributed by atoms with E-state index in [4.69, 9.17) is 4.74 Å². The molecule has 0 spiro atoms. The van der Waals surface area contributed by atoms with E-state index in [0.29, 0.717) is 31.9 Å². The zero-order valence-corrected chi connectivity index (χ0v) is 16.7. The van der Waals surface area contributed by atoms with Crippen LogP contribution < -0.4 is 15.0 Å². The first-order valence-electron chi connectivity index (χ1n) is 9.58. The van der Waals surface area contributed by atoms with Crippen molar-refractivity contribution in [2.45, 2.75) is 25.9 Å². The van der Waals surface area contributed by atoms with E-state index >= 15 is 0 Å². The minimum Gasteiger partial charge on any atom is -0.489 e. The molecule has 0 fully saturated rings. The van der Waals surface area contributed by atoms with Crippen LogP contribution in [0.25, 0.3) is 0 Å². The molecule has 0 saturated heterocycles. The lowest BCUT2D eigenvalue weighted by molar-refractivity contribution is -0.121. The van der Waals surface area contributed by atoms with Gasteiger partial charge in [0.1, 0.15) is 18.2 Å². The molecule has 1 atom stereocenters. The topological polar surface area (TPSA) is 44.8 Å². The van der Waals surface area contributed by atoms with Crippen LogP contribution in [0.1, 0.15) is 17.5 Å². The number of carbonyl (C=O) groups excluding carboxylic acids is 1. The SMILES string of the molecule is Cc1ccc(CN2c3ccc(F)cc3OC[C@H]2CC(=O)NCCN(C)C)cc1. The Kier molecular flexibility index (Phi) is 6.52. The van der Waals surface area contributed by atoms with Crippen molar-refractivity contribution >= 4 is 11.6 Å². The third-order valence-electron chi connectivity index (χ3n) is 4.88. The predicted molar refractivity (Wildman–Crippen MR) is 109 cm³/mol. The lowest BCUT2D eigenvalue weighted by atomic mass is 10.1. The van der Waals surface area contributed by atoms with E-state index in [2.05, 4.69) is 41.4 Å². The van der Waals surface area contributed by atoms with Gasteiger partial charge >= 0.3 is 0 Å². The normalized spacial score (nSPS) is 15.9. The Morgan fingerprint density at radius 2 is 2.00 bits per heavy atom. The molecule has 0 bridgehead atoms. The summed E-state index contributed by atoms with van der Waals surface area (Å²) in [5, 5.41) is 2.96. The van der Waals surface area contributed by atoms with E-state index < -0.39 is 0 Å². The highest BCUT2D eigenvalue weighted by molar-refractivity contribution is 5.77. The fourth-order valence-electron chi connectivity index (χ4n) is 3.29. The molecular weight excluding hydrogens is 357 g/mol. The summed E-state index contributed by atoms with van der Waals surface area (Å²) < 4.78 is 19.4. The number of hydrogen-bond donors (Lipinski definition) is 1. The summed E-state index contributed by atoms with van der Waals surface area (Å²) >= 11 is 0. The van der Waals surface area contributed by atoms with Crippen LogP contribution in [-0.2, 0) is 11.3 Å². The van der Waals surface area contributed by atoms with Gasteiger partial charge in [-0.2, -0.15) is 0 Å². The van der Waals surface area contributed by atoms with Gasteiger partial charge in [-0.1, -0.05) is 29.8 Å². The number of halogens is 1. The fourth-order valence-corrected chi connectivity index (χ4v) is 3.29. The summed E-state index contributed by atoms with van der Waals surface area (Å²) in [5.74, 6) is 0.195. The summed E-state index contributed by atoms with van der Waals surface area (Å²) in [5.41, 5.74) is 3.16. The van der Waals surface area contributed by atoms with Gasteiger partial charge in [-0.3, -0.25) is 4.79 Å². The zero-order chi connectivity index (χ0) is 20.1. The quantitative estimate of drug-likeness (QED) is 0.796. The lowest BCUT2D eigenvalue weighted by Gasteiger charge is -2.38. The first-order chi connectivity index (χ1) is 13.4. The van der Waals surface area contributed by atoms with E-state index in [1.165, 1.54) is 17.7 Å². The van der Waals surface area contributed by atoms with Gasteiger partial charge in [0.05, 0.1) is 18.2 Å². The zero-order valence-electron chi connectivity index (χ0n) is 16.7. The Labute approximate surface area is 166 Å². The number of anilines is 1. The van der Waals surface area contributed by atoms with E-state index in [-0.39, 0.29) is 17.8 Å². The van der Waals surface area contributed by atoms with Gasteiger partial charge in [0, 0.05) is 25.7 Å². The molecule has 2 aromatic rings. The Morgan fingerprint density at radius 1 is 1.25 bits per heavy atom. The molecule has 0 unspecified atom stereocenters. The van der Waals surface area contributed by atoms with Crippen molar-refractivity contribution in [3.63, 3.8) is 0 Å². The summed E-state index contributed by atoms with van der Waals surface area (Å²) in [4.78, 5) is 16.6. The van der Waals surface area contributed by atoms with Crippen LogP contribution in [0.3, 0.4) is 0 Å². The van der Waals surface area contributed by atoms with Crippen LogP contribution in [0.4, 0.5) is 10.1 Å². The molecule has 5 nitrogen and oxygen atoms in total. The van der Waals surface area contributed by atoms with Crippen molar-refractivity contribution in [3.05, 3.63) is 59.4 Å². The first kappa shape index (κ1) is 20.1. The third-order valence-corrected chi connectivity index (χ3v) is 4.88. The van der Waals surface area contributed by atoms with Gasteiger partial charge in [-0.05, 0) is 38.7 Å². The summed E-state index contributed by atoms with van der Waals surface area (Å²) in [6, 6.07) is 12.8. The molecule has 28 heavy (non-hydrogen) atoms. The molecule has 1 amide bonds. The molecule has 6 heteroatoms. The van der Waals surface area contributed by atoms with Crippen molar-refractivity contribution in [1.29, 1.82) is 0 Å². The minimum atomic E-state index is -0.325. The number of hydrogen-bond acceptors (Lipinski definition) is 4. The number of ether oxygens (including phenoxy) is 1. The smallest absolute Gasteiger partial charge is 0.222 e. The predicted octanol–water partition coefficient (Wildman–Crippen LogP) is 2.97. The maximum atomic E-state index is 13.6. The van der Waals surface area contributed by atoms with Crippen molar-refractivity contribution in [2.75, 3.05) is 38.7 Å². The number of benzene rings is 2. The van der Waals surface area contributed by atoms with Gasteiger partial charge in [0.15, 0.2) is 0 Å². The number of aryl methyl sites for hydroxylation is 1. The second-order valence-corrected chi connectivity index (χ2v) is 7.55. The molecule has 1 aliphatic rings. The van der Waals surface area contributed by atoms with Crippen molar-refractivity contribution in [2.24, 2.45) is 0 Å². The number of nitrogens with one attached hydrogen (secondary N) is 1. The second kappa shape index (κ2) is 9.06. The number of likely N-dealkylation sites (N-methyl/N-ethyl adjacent to an activating group) is 1. The molecule has 1 N–H and O–H groups in total. The van der Waals surface area contributed by atoms with Crippen LogP contribution in [-0.4, -0.2) is 50.6 Å². The second-order valence-electron chi connectivity index (χ2n) is 7.55. The highest BCUT2D eigenvalue weighted by Gasteiger charge is 2.29. The van der Waals surface area contributed by atoms with Crippen LogP contribution in [0.5, 0.6) is 5.75 Å².